The zero-order chi connectivity index (χ0) is 13.8. The minimum atomic E-state index is -0.522. The van der Waals surface area contributed by atoms with Crippen LogP contribution < -0.4 is 5.32 Å². The largest absolute Gasteiger partial charge is 0.326 e. The van der Waals surface area contributed by atoms with Gasteiger partial charge in [0.25, 0.3) is 0 Å². The van der Waals surface area contributed by atoms with Gasteiger partial charge in [0.05, 0.1) is 11.4 Å². The van der Waals surface area contributed by atoms with Gasteiger partial charge in [-0.05, 0) is 29.8 Å². The lowest BCUT2D eigenvalue weighted by atomic mass is 10.1. The van der Waals surface area contributed by atoms with Gasteiger partial charge in [-0.1, -0.05) is 41.4 Å². The molecule has 2 rings (SSSR count). The molecule has 1 amide bonds. The highest BCUT2D eigenvalue weighted by Crippen LogP contribution is 2.20. The van der Waals surface area contributed by atoms with E-state index in [1.165, 1.54) is 18.2 Å². The second-order valence-corrected chi connectivity index (χ2v) is 4.76. The Labute approximate surface area is 120 Å². The van der Waals surface area contributed by atoms with E-state index in [4.69, 9.17) is 23.2 Å². The molecule has 0 saturated heterocycles. The Morgan fingerprint density at radius 3 is 2.53 bits per heavy atom. The number of hydrogen-bond acceptors (Lipinski definition) is 1. The summed E-state index contributed by atoms with van der Waals surface area (Å²) in [5, 5.41) is 3.14. The van der Waals surface area contributed by atoms with E-state index in [1.807, 2.05) is 6.07 Å². The molecule has 0 bridgehead atoms. The number of hydrogen-bond donors (Lipinski definition) is 1. The number of nitrogens with one attached hydrogen (secondary N) is 1. The van der Waals surface area contributed by atoms with Gasteiger partial charge in [0, 0.05) is 10.7 Å². The second kappa shape index (κ2) is 6.04. The normalized spacial score (nSPS) is 10.3. The van der Waals surface area contributed by atoms with E-state index >= 15 is 0 Å². The van der Waals surface area contributed by atoms with Crippen LogP contribution in [-0.4, -0.2) is 5.91 Å². The summed E-state index contributed by atoms with van der Waals surface area (Å²) in [4.78, 5) is 11.8. The molecule has 2 nitrogen and oxygen atoms in total. The molecular formula is C14H10Cl2FNO. The maximum Gasteiger partial charge on any atom is 0.228 e. The molecule has 5 heteroatoms. The zero-order valence-corrected chi connectivity index (χ0v) is 11.3. The quantitative estimate of drug-likeness (QED) is 0.898. The van der Waals surface area contributed by atoms with Gasteiger partial charge in [0.1, 0.15) is 5.82 Å². The number of carbonyl (C=O) groups excluding carboxylic acids is 1. The minimum Gasteiger partial charge on any atom is -0.326 e. The number of rotatable bonds is 3. The van der Waals surface area contributed by atoms with E-state index in [1.54, 1.807) is 18.2 Å². The van der Waals surface area contributed by atoms with Crippen molar-refractivity contribution < 1.29 is 9.18 Å². The van der Waals surface area contributed by atoms with Gasteiger partial charge in [-0.25, -0.2) is 4.39 Å². The highest BCUT2D eigenvalue weighted by molar-refractivity contribution is 6.31. The molecule has 0 aliphatic carbocycles. The Morgan fingerprint density at radius 2 is 1.84 bits per heavy atom. The van der Waals surface area contributed by atoms with Crippen LogP contribution in [0.15, 0.2) is 42.5 Å². The monoisotopic (exact) mass is 297 g/mol. The van der Waals surface area contributed by atoms with Crippen LogP contribution in [0.1, 0.15) is 5.56 Å². The van der Waals surface area contributed by atoms with Gasteiger partial charge in [-0.3, -0.25) is 4.79 Å². The van der Waals surface area contributed by atoms with Crippen LogP contribution in [0, 0.1) is 5.82 Å². The highest BCUT2D eigenvalue weighted by atomic mass is 35.5. The molecule has 0 atom stereocenters. The third-order valence-electron chi connectivity index (χ3n) is 2.51. The maximum atomic E-state index is 13.0. The van der Waals surface area contributed by atoms with Gasteiger partial charge < -0.3 is 5.32 Å². The highest BCUT2D eigenvalue weighted by Gasteiger charge is 2.08. The molecule has 0 saturated carbocycles. The number of amides is 1. The summed E-state index contributed by atoms with van der Waals surface area (Å²) >= 11 is 11.6. The lowest BCUT2D eigenvalue weighted by Gasteiger charge is -2.07. The van der Waals surface area contributed by atoms with Crippen LogP contribution in [0.5, 0.6) is 0 Å². The van der Waals surface area contributed by atoms with Crippen molar-refractivity contribution in [2.24, 2.45) is 0 Å². The SMILES string of the molecule is O=C(Cc1ccccc1Cl)Nc1ccc(F)c(Cl)c1. The molecule has 0 fully saturated rings. The topological polar surface area (TPSA) is 29.1 Å². The summed E-state index contributed by atoms with van der Waals surface area (Å²) in [6, 6.07) is 11.1. The Hall–Kier alpha value is -1.58. The summed E-state index contributed by atoms with van der Waals surface area (Å²) in [7, 11) is 0. The van der Waals surface area contributed by atoms with Crippen molar-refractivity contribution in [1.82, 2.24) is 0 Å². The fourth-order valence-electron chi connectivity index (χ4n) is 1.59. The van der Waals surface area contributed by atoms with Gasteiger partial charge >= 0.3 is 0 Å². The molecule has 98 valence electrons. The minimum absolute atomic E-state index is 0.0319. The van der Waals surface area contributed by atoms with Crippen molar-refractivity contribution >= 4 is 34.8 Å². The van der Waals surface area contributed by atoms with Crippen LogP contribution in [0.2, 0.25) is 10.0 Å². The number of benzene rings is 2. The maximum absolute atomic E-state index is 13.0. The summed E-state index contributed by atoms with van der Waals surface area (Å²) in [5.41, 5.74) is 1.18. The first-order chi connectivity index (χ1) is 9.06. The Balaban J connectivity index is 2.05. The lowest BCUT2D eigenvalue weighted by molar-refractivity contribution is -0.115. The lowest BCUT2D eigenvalue weighted by Crippen LogP contribution is -2.14. The van der Waals surface area contributed by atoms with Crippen molar-refractivity contribution in [3.05, 3.63) is 63.9 Å². The molecule has 0 spiro atoms. The summed E-state index contributed by atoms with van der Waals surface area (Å²) in [6.45, 7) is 0. The third kappa shape index (κ3) is 3.69. The Morgan fingerprint density at radius 1 is 1.11 bits per heavy atom. The van der Waals surface area contributed by atoms with Gasteiger partial charge in [-0.2, -0.15) is 0 Å². The first-order valence-corrected chi connectivity index (χ1v) is 6.30. The fourth-order valence-corrected chi connectivity index (χ4v) is 1.98. The van der Waals surface area contributed by atoms with Crippen LogP contribution >= 0.6 is 23.2 Å². The fraction of sp³-hybridized carbons (Fsp3) is 0.0714. The van der Waals surface area contributed by atoms with Crippen molar-refractivity contribution in [3.8, 4) is 0 Å². The van der Waals surface area contributed by atoms with Crippen molar-refractivity contribution in [3.63, 3.8) is 0 Å². The van der Waals surface area contributed by atoms with Crippen molar-refractivity contribution in [2.45, 2.75) is 6.42 Å². The van der Waals surface area contributed by atoms with E-state index in [2.05, 4.69) is 5.32 Å². The molecule has 2 aromatic carbocycles. The van der Waals surface area contributed by atoms with E-state index in [0.29, 0.717) is 10.7 Å². The van der Waals surface area contributed by atoms with Crippen LogP contribution in [0.4, 0.5) is 10.1 Å². The van der Waals surface area contributed by atoms with Gasteiger partial charge in [-0.15, -0.1) is 0 Å². The molecule has 0 radical (unpaired) electrons. The number of anilines is 1. The summed E-state index contributed by atoms with van der Waals surface area (Å²) in [5.74, 6) is -0.762. The molecule has 0 aliphatic rings. The van der Waals surface area contributed by atoms with Crippen molar-refractivity contribution in [1.29, 1.82) is 0 Å². The average Bonchev–Trinajstić information content (AvgIpc) is 2.37. The molecule has 1 N–H and O–H groups in total. The predicted octanol–water partition coefficient (Wildman–Crippen LogP) is 4.31. The standard InChI is InChI=1S/C14H10Cl2FNO/c15-11-4-2-1-3-9(11)7-14(19)18-10-5-6-13(17)12(16)8-10/h1-6,8H,7H2,(H,18,19). The summed E-state index contributed by atoms with van der Waals surface area (Å²) in [6.07, 6.45) is 0.147. The molecule has 0 aliphatic heterocycles. The van der Waals surface area contributed by atoms with E-state index in [-0.39, 0.29) is 17.4 Å². The molecule has 2 aromatic rings. The number of carbonyl (C=O) groups is 1. The van der Waals surface area contributed by atoms with Gasteiger partial charge in [0.15, 0.2) is 0 Å². The molecule has 0 heterocycles. The number of halogens is 3. The van der Waals surface area contributed by atoms with E-state index < -0.39 is 5.82 Å². The average molecular weight is 298 g/mol. The predicted molar refractivity (Wildman–Crippen MR) is 75.2 cm³/mol. The first kappa shape index (κ1) is 13.8. The van der Waals surface area contributed by atoms with Crippen LogP contribution in [0.3, 0.4) is 0 Å². The molecular weight excluding hydrogens is 288 g/mol. The smallest absolute Gasteiger partial charge is 0.228 e. The van der Waals surface area contributed by atoms with Crippen LogP contribution in [-0.2, 0) is 11.2 Å². The van der Waals surface area contributed by atoms with E-state index in [9.17, 15) is 9.18 Å². The molecule has 0 aromatic heterocycles. The van der Waals surface area contributed by atoms with Crippen LogP contribution in [0.25, 0.3) is 0 Å². The summed E-state index contributed by atoms with van der Waals surface area (Å²) < 4.78 is 13.0. The molecule has 19 heavy (non-hydrogen) atoms. The zero-order valence-electron chi connectivity index (χ0n) is 9.79. The van der Waals surface area contributed by atoms with Crippen molar-refractivity contribution in [2.75, 3.05) is 5.32 Å². The molecule has 0 unspecified atom stereocenters. The van der Waals surface area contributed by atoms with Gasteiger partial charge in [0.2, 0.25) is 5.91 Å². The first-order valence-electron chi connectivity index (χ1n) is 5.54. The Kier molecular flexibility index (Phi) is 4.40. The third-order valence-corrected chi connectivity index (χ3v) is 3.17. The van der Waals surface area contributed by atoms with E-state index in [0.717, 1.165) is 5.56 Å². The Bertz CT molecular complexity index is 616. The second-order valence-electron chi connectivity index (χ2n) is 3.95.